The maximum absolute atomic E-state index is 5.20. The highest BCUT2D eigenvalue weighted by molar-refractivity contribution is 9.10. The van der Waals surface area contributed by atoms with E-state index < -0.39 is 0 Å². The molecule has 0 N–H and O–H groups in total. The maximum atomic E-state index is 5.20. The van der Waals surface area contributed by atoms with Crippen molar-refractivity contribution in [1.29, 1.82) is 0 Å². The summed E-state index contributed by atoms with van der Waals surface area (Å²) in [7, 11) is 1.74. The van der Waals surface area contributed by atoms with Gasteiger partial charge in [0.1, 0.15) is 0 Å². The minimum atomic E-state index is 0.108. The first-order valence-electron chi connectivity index (χ1n) is 5.05. The Bertz CT molecular complexity index is 307. The summed E-state index contributed by atoms with van der Waals surface area (Å²) in [5.74, 6) is 0. The van der Waals surface area contributed by atoms with Crippen LogP contribution in [0.15, 0.2) is 28.7 Å². The van der Waals surface area contributed by atoms with E-state index in [0.717, 1.165) is 28.2 Å². The molecule has 0 spiro atoms. The fraction of sp³-hybridized carbons (Fsp3) is 0.500. The lowest BCUT2D eigenvalue weighted by Gasteiger charge is -2.30. The average molecular weight is 415 g/mol. The van der Waals surface area contributed by atoms with Gasteiger partial charge in [0.2, 0.25) is 0 Å². The van der Waals surface area contributed by atoms with Crippen molar-refractivity contribution >= 4 is 47.8 Å². The zero-order valence-corrected chi connectivity index (χ0v) is 13.9. The average Bonchev–Trinajstić information content (AvgIpc) is 2.33. The van der Waals surface area contributed by atoms with Crippen molar-refractivity contribution in [3.63, 3.8) is 0 Å². The number of hydrogen-bond donors (Lipinski definition) is 0. The van der Waals surface area contributed by atoms with Crippen molar-refractivity contribution in [2.75, 3.05) is 24.4 Å². The van der Waals surface area contributed by atoms with Gasteiger partial charge in [-0.2, -0.15) is 0 Å². The van der Waals surface area contributed by atoms with Crippen LogP contribution in [0.2, 0.25) is 0 Å². The third-order valence-electron chi connectivity index (χ3n) is 2.75. The van der Waals surface area contributed by atoms with Gasteiger partial charge in [-0.05, 0) is 24.1 Å². The van der Waals surface area contributed by atoms with Gasteiger partial charge in [-0.3, -0.25) is 0 Å². The third kappa shape index (κ3) is 3.56. The lowest BCUT2D eigenvalue weighted by atomic mass is 9.82. The first kappa shape index (κ1) is 14.7. The number of benzene rings is 1. The van der Waals surface area contributed by atoms with Crippen molar-refractivity contribution in [3.8, 4) is 0 Å². The number of methoxy groups -OCH3 is 1. The van der Waals surface area contributed by atoms with Crippen LogP contribution in [0.25, 0.3) is 0 Å². The van der Waals surface area contributed by atoms with E-state index in [2.05, 4.69) is 72.1 Å². The molecule has 0 heterocycles. The highest BCUT2D eigenvalue weighted by Gasteiger charge is 2.29. The second-order valence-corrected chi connectivity index (χ2v) is 5.83. The Hall–Kier alpha value is 0.620. The van der Waals surface area contributed by atoms with E-state index in [1.54, 1.807) is 7.11 Å². The van der Waals surface area contributed by atoms with Crippen molar-refractivity contribution in [3.05, 3.63) is 34.3 Å². The molecular formula is C12H15Br3O. The summed E-state index contributed by atoms with van der Waals surface area (Å²) >= 11 is 10.7. The molecule has 0 unspecified atom stereocenters. The second-order valence-electron chi connectivity index (χ2n) is 3.80. The monoisotopic (exact) mass is 412 g/mol. The number of rotatable bonds is 6. The van der Waals surface area contributed by atoms with Crippen molar-refractivity contribution < 1.29 is 4.74 Å². The van der Waals surface area contributed by atoms with E-state index >= 15 is 0 Å². The van der Waals surface area contributed by atoms with Crippen molar-refractivity contribution in [1.82, 2.24) is 0 Å². The summed E-state index contributed by atoms with van der Waals surface area (Å²) in [4.78, 5) is 0. The van der Waals surface area contributed by atoms with Crippen LogP contribution in [-0.2, 0) is 10.2 Å². The van der Waals surface area contributed by atoms with Crippen LogP contribution in [0.1, 0.15) is 12.0 Å². The first-order chi connectivity index (χ1) is 7.68. The largest absolute Gasteiger partial charge is 0.385 e. The molecule has 0 aromatic heterocycles. The van der Waals surface area contributed by atoms with Gasteiger partial charge in [0.25, 0.3) is 0 Å². The number of hydrogen-bond acceptors (Lipinski definition) is 1. The zero-order chi connectivity index (χ0) is 12.0. The minimum Gasteiger partial charge on any atom is -0.385 e. The van der Waals surface area contributed by atoms with E-state index in [0.29, 0.717) is 0 Å². The molecule has 1 aromatic carbocycles. The van der Waals surface area contributed by atoms with Crippen LogP contribution < -0.4 is 0 Å². The molecule has 0 saturated heterocycles. The van der Waals surface area contributed by atoms with Gasteiger partial charge in [0.15, 0.2) is 0 Å². The van der Waals surface area contributed by atoms with Crippen LogP contribution in [-0.4, -0.2) is 24.4 Å². The van der Waals surface area contributed by atoms with Gasteiger partial charge >= 0.3 is 0 Å². The van der Waals surface area contributed by atoms with Crippen molar-refractivity contribution in [2.45, 2.75) is 11.8 Å². The van der Waals surface area contributed by atoms with Gasteiger partial charge in [0.05, 0.1) is 0 Å². The molecule has 0 radical (unpaired) electrons. The molecule has 1 nitrogen and oxygen atoms in total. The molecular weight excluding hydrogens is 400 g/mol. The fourth-order valence-electron chi connectivity index (χ4n) is 1.57. The van der Waals surface area contributed by atoms with E-state index in [4.69, 9.17) is 4.74 Å². The molecule has 1 rings (SSSR count). The maximum Gasteiger partial charge on any atom is 0.0471 e. The molecule has 90 valence electrons. The second kappa shape index (κ2) is 7.14. The van der Waals surface area contributed by atoms with Gasteiger partial charge < -0.3 is 4.74 Å². The Morgan fingerprint density at radius 1 is 1.12 bits per heavy atom. The van der Waals surface area contributed by atoms with Gasteiger partial charge in [-0.25, -0.2) is 0 Å². The van der Waals surface area contributed by atoms with Crippen LogP contribution >= 0.6 is 47.8 Å². The number of halogens is 3. The van der Waals surface area contributed by atoms with Gasteiger partial charge in [0, 0.05) is 34.3 Å². The van der Waals surface area contributed by atoms with E-state index in [1.807, 2.05) is 0 Å². The summed E-state index contributed by atoms with van der Waals surface area (Å²) in [6.45, 7) is 0.771. The molecule has 4 heteroatoms. The smallest absolute Gasteiger partial charge is 0.0471 e. The summed E-state index contributed by atoms with van der Waals surface area (Å²) in [6, 6.07) is 8.51. The lowest BCUT2D eigenvalue weighted by Crippen LogP contribution is -2.31. The SMILES string of the molecule is COCCC(CBr)(CBr)c1ccc(Br)cc1. The summed E-state index contributed by atoms with van der Waals surface area (Å²) in [6.07, 6.45) is 1.00. The first-order valence-corrected chi connectivity index (χ1v) is 8.09. The highest BCUT2D eigenvalue weighted by atomic mass is 79.9. The minimum absolute atomic E-state index is 0.108. The summed E-state index contributed by atoms with van der Waals surface area (Å²) in [5, 5.41) is 1.85. The topological polar surface area (TPSA) is 9.23 Å². The molecule has 0 fully saturated rings. The highest BCUT2D eigenvalue weighted by Crippen LogP contribution is 2.33. The molecule has 0 aliphatic heterocycles. The standard InChI is InChI=1S/C12H15Br3O/c1-16-7-6-12(8-13,9-14)10-2-4-11(15)5-3-10/h2-5H,6-9H2,1H3. The zero-order valence-electron chi connectivity index (χ0n) is 9.18. The van der Waals surface area contributed by atoms with Crippen LogP contribution in [0.4, 0.5) is 0 Å². The summed E-state index contributed by atoms with van der Waals surface area (Å²) < 4.78 is 6.31. The van der Waals surface area contributed by atoms with Gasteiger partial charge in [-0.15, -0.1) is 0 Å². The Morgan fingerprint density at radius 3 is 2.12 bits per heavy atom. The Balaban J connectivity index is 2.95. The fourth-order valence-corrected chi connectivity index (χ4v) is 3.97. The molecule has 1 aromatic rings. The van der Waals surface area contributed by atoms with E-state index in [9.17, 15) is 0 Å². The third-order valence-corrected chi connectivity index (χ3v) is 5.43. The van der Waals surface area contributed by atoms with E-state index in [1.165, 1.54) is 5.56 Å². The van der Waals surface area contributed by atoms with Crippen LogP contribution in [0, 0.1) is 0 Å². The Kier molecular flexibility index (Phi) is 6.55. The number of ether oxygens (including phenoxy) is 1. The predicted octanol–water partition coefficient (Wildman–Crippen LogP) is 4.51. The molecule has 0 bridgehead atoms. The molecule has 0 aliphatic rings. The molecule has 16 heavy (non-hydrogen) atoms. The quantitative estimate of drug-likeness (QED) is 0.622. The summed E-state index contributed by atoms with van der Waals surface area (Å²) in [5.41, 5.74) is 1.44. The van der Waals surface area contributed by atoms with Crippen LogP contribution in [0.5, 0.6) is 0 Å². The molecule has 0 amide bonds. The molecule has 0 atom stereocenters. The number of alkyl halides is 2. The van der Waals surface area contributed by atoms with E-state index in [-0.39, 0.29) is 5.41 Å². The Labute approximate surface area is 122 Å². The van der Waals surface area contributed by atoms with Crippen molar-refractivity contribution in [2.24, 2.45) is 0 Å². The predicted molar refractivity (Wildman–Crippen MR) is 79.9 cm³/mol. The van der Waals surface area contributed by atoms with Gasteiger partial charge in [-0.1, -0.05) is 59.9 Å². The lowest BCUT2D eigenvalue weighted by molar-refractivity contribution is 0.177. The Morgan fingerprint density at radius 2 is 1.69 bits per heavy atom. The molecule has 0 aliphatic carbocycles. The normalized spacial score (nSPS) is 11.8. The molecule has 0 saturated carbocycles. The van der Waals surface area contributed by atoms with Crippen LogP contribution in [0.3, 0.4) is 0 Å².